The molecule has 0 amide bonds. The quantitative estimate of drug-likeness (QED) is 0.593. The molecule has 0 unspecified atom stereocenters. The maximum atomic E-state index is 5.80. The Balaban J connectivity index is 2.40. The summed E-state index contributed by atoms with van der Waals surface area (Å²) in [6.07, 6.45) is 2.98. The van der Waals surface area contributed by atoms with Gasteiger partial charge in [0.25, 0.3) is 0 Å². The number of hydrogen-bond acceptors (Lipinski definition) is 3. The van der Waals surface area contributed by atoms with Gasteiger partial charge >= 0.3 is 0 Å². The molecule has 20 heavy (non-hydrogen) atoms. The van der Waals surface area contributed by atoms with Crippen LogP contribution in [0.3, 0.4) is 0 Å². The molecule has 0 radical (unpaired) electrons. The van der Waals surface area contributed by atoms with Crippen molar-refractivity contribution in [1.82, 2.24) is 10.3 Å². The lowest BCUT2D eigenvalue weighted by molar-refractivity contribution is 0.232. The summed E-state index contributed by atoms with van der Waals surface area (Å²) in [4.78, 5) is 8.51. The van der Waals surface area contributed by atoms with Crippen LogP contribution >= 0.6 is 0 Å². The third-order valence-electron chi connectivity index (χ3n) is 2.61. The van der Waals surface area contributed by atoms with E-state index in [0.29, 0.717) is 24.3 Å². The van der Waals surface area contributed by atoms with Crippen molar-refractivity contribution in [3.63, 3.8) is 0 Å². The Morgan fingerprint density at radius 1 is 1.35 bits per heavy atom. The van der Waals surface area contributed by atoms with Crippen LogP contribution in [0, 0.1) is 5.92 Å². The SMILES string of the molecule is CC(C)CCNC(N)=NCc1ccc(OC(C)C)nc1. The zero-order valence-corrected chi connectivity index (χ0v) is 12.9. The average Bonchev–Trinajstić information content (AvgIpc) is 2.37. The second kappa shape index (κ2) is 8.40. The molecule has 5 heteroatoms. The van der Waals surface area contributed by atoms with E-state index in [1.54, 1.807) is 6.20 Å². The van der Waals surface area contributed by atoms with E-state index in [9.17, 15) is 0 Å². The molecule has 1 rings (SSSR count). The summed E-state index contributed by atoms with van der Waals surface area (Å²) in [5, 5.41) is 3.10. The maximum absolute atomic E-state index is 5.80. The summed E-state index contributed by atoms with van der Waals surface area (Å²) in [6, 6.07) is 3.81. The zero-order chi connectivity index (χ0) is 15.0. The van der Waals surface area contributed by atoms with Gasteiger partial charge in [0.2, 0.25) is 5.88 Å². The Bertz CT molecular complexity index is 412. The fourth-order valence-corrected chi connectivity index (χ4v) is 1.54. The molecule has 0 saturated heterocycles. The van der Waals surface area contributed by atoms with Gasteiger partial charge in [0.1, 0.15) is 0 Å². The van der Waals surface area contributed by atoms with Crippen LogP contribution in [0.25, 0.3) is 0 Å². The minimum absolute atomic E-state index is 0.132. The van der Waals surface area contributed by atoms with Crippen molar-refractivity contribution in [3.05, 3.63) is 23.9 Å². The van der Waals surface area contributed by atoms with Crippen molar-refractivity contribution in [2.24, 2.45) is 16.6 Å². The highest BCUT2D eigenvalue weighted by molar-refractivity contribution is 5.77. The van der Waals surface area contributed by atoms with Crippen molar-refractivity contribution >= 4 is 5.96 Å². The van der Waals surface area contributed by atoms with Crippen molar-refractivity contribution in [3.8, 4) is 5.88 Å². The van der Waals surface area contributed by atoms with Gasteiger partial charge in [0.15, 0.2) is 5.96 Å². The maximum Gasteiger partial charge on any atom is 0.213 e. The van der Waals surface area contributed by atoms with Crippen molar-refractivity contribution in [1.29, 1.82) is 0 Å². The predicted molar refractivity (Wildman–Crippen MR) is 82.8 cm³/mol. The predicted octanol–water partition coefficient (Wildman–Crippen LogP) is 2.32. The molecule has 112 valence electrons. The van der Waals surface area contributed by atoms with E-state index in [-0.39, 0.29) is 6.10 Å². The Morgan fingerprint density at radius 2 is 2.10 bits per heavy atom. The van der Waals surface area contributed by atoms with E-state index in [0.717, 1.165) is 18.5 Å². The van der Waals surface area contributed by atoms with Gasteiger partial charge in [-0.15, -0.1) is 0 Å². The molecule has 0 aliphatic heterocycles. The van der Waals surface area contributed by atoms with Crippen LogP contribution in [0.1, 0.15) is 39.7 Å². The topological polar surface area (TPSA) is 72.5 Å². The highest BCUT2D eigenvalue weighted by Crippen LogP contribution is 2.10. The van der Waals surface area contributed by atoms with Gasteiger partial charge in [-0.05, 0) is 31.7 Å². The molecule has 0 bridgehead atoms. The summed E-state index contributed by atoms with van der Waals surface area (Å²) in [5.74, 6) is 1.77. The smallest absolute Gasteiger partial charge is 0.213 e. The average molecular weight is 278 g/mol. The van der Waals surface area contributed by atoms with Crippen LogP contribution in [-0.4, -0.2) is 23.6 Å². The van der Waals surface area contributed by atoms with Gasteiger partial charge < -0.3 is 15.8 Å². The molecule has 1 heterocycles. The summed E-state index contributed by atoms with van der Waals surface area (Å²) < 4.78 is 5.49. The number of nitrogens with one attached hydrogen (secondary N) is 1. The molecule has 0 aliphatic carbocycles. The second-order valence-corrected chi connectivity index (χ2v) is 5.48. The highest BCUT2D eigenvalue weighted by atomic mass is 16.5. The lowest BCUT2D eigenvalue weighted by Gasteiger charge is -2.09. The highest BCUT2D eigenvalue weighted by Gasteiger charge is 2.00. The molecule has 0 aliphatic rings. The third kappa shape index (κ3) is 6.97. The standard InChI is InChI=1S/C15H26N4O/c1-11(2)7-8-17-15(16)19-10-13-5-6-14(18-9-13)20-12(3)4/h5-6,9,11-12H,7-8,10H2,1-4H3,(H3,16,17,19). The third-order valence-corrected chi connectivity index (χ3v) is 2.61. The molecular weight excluding hydrogens is 252 g/mol. The lowest BCUT2D eigenvalue weighted by Crippen LogP contribution is -2.32. The van der Waals surface area contributed by atoms with Gasteiger partial charge in [-0.3, -0.25) is 0 Å². The van der Waals surface area contributed by atoms with Crippen LogP contribution in [0.4, 0.5) is 0 Å². The number of pyridine rings is 1. The molecule has 5 nitrogen and oxygen atoms in total. The fourth-order valence-electron chi connectivity index (χ4n) is 1.54. The number of aliphatic imine (C=N–C) groups is 1. The number of guanidine groups is 1. The zero-order valence-electron chi connectivity index (χ0n) is 12.9. The lowest BCUT2D eigenvalue weighted by atomic mass is 10.1. The minimum atomic E-state index is 0.132. The molecular formula is C15H26N4O. The van der Waals surface area contributed by atoms with Gasteiger partial charge in [-0.25, -0.2) is 9.98 Å². The summed E-state index contributed by atoms with van der Waals surface area (Å²) >= 11 is 0. The summed E-state index contributed by atoms with van der Waals surface area (Å²) in [7, 11) is 0. The number of nitrogens with two attached hydrogens (primary N) is 1. The first kappa shape index (κ1) is 16.3. The molecule has 3 N–H and O–H groups in total. The first-order valence-corrected chi connectivity index (χ1v) is 7.12. The van der Waals surface area contributed by atoms with Crippen LogP contribution < -0.4 is 15.8 Å². The summed E-state index contributed by atoms with van der Waals surface area (Å²) in [5.41, 5.74) is 6.81. The van der Waals surface area contributed by atoms with Crippen LogP contribution in [-0.2, 0) is 6.54 Å². The molecule has 1 aromatic heterocycles. The summed E-state index contributed by atoms with van der Waals surface area (Å²) in [6.45, 7) is 9.69. The first-order valence-electron chi connectivity index (χ1n) is 7.12. The van der Waals surface area contributed by atoms with E-state index in [2.05, 4.69) is 29.1 Å². The Labute approximate surface area is 121 Å². The number of rotatable bonds is 7. The van der Waals surface area contributed by atoms with Gasteiger partial charge in [0, 0.05) is 18.8 Å². The van der Waals surface area contributed by atoms with Gasteiger partial charge in [-0.1, -0.05) is 19.9 Å². The van der Waals surface area contributed by atoms with E-state index in [1.165, 1.54) is 0 Å². The minimum Gasteiger partial charge on any atom is -0.475 e. The van der Waals surface area contributed by atoms with Crippen molar-refractivity contribution < 1.29 is 4.74 Å². The largest absolute Gasteiger partial charge is 0.475 e. The van der Waals surface area contributed by atoms with E-state index >= 15 is 0 Å². The molecule has 0 saturated carbocycles. The van der Waals surface area contributed by atoms with E-state index in [4.69, 9.17) is 10.5 Å². The number of ether oxygens (including phenoxy) is 1. The Hall–Kier alpha value is -1.78. The van der Waals surface area contributed by atoms with E-state index in [1.807, 2.05) is 26.0 Å². The monoisotopic (exact) mass is 278 g/mol. The van der Waals surface area contributed by atoms with E-state index < -0.39 is 0 Å². The van der Waals surface area contributed by atoms with Gasteiger partial charge in [-0.2, -0.15) is 0 Å². The Kier molecular flexibility index (Phi) is 6.84. The first-order chi connectivity index (χ1) is 9.47. The number of aromatic nitrogens is 1. The van der Waals surface area contributed by atoms with Gasteiger partial charge in [0.05, 0.1) is 12.6 Å². The molecule has 1 aromatic rings. The van der Waals surface area contributed by atoms with Crippen LogP contribution in [0.15, 0.2) is 23.3 Å². The number of hydrogen-bond donors (Lipinski definition) is 2. The van der Waals surface area contributed by atoms with Crippen molar-refractivity contribution in [2.75, 3.05) is 6.54 Å². The van der Waals surface area contributed by atoms with Crippen LogP contribution in [0.5, 0.6) is 5.88 Å². The van der Waals surface area contributed by atoms with Crippen molar-refractivity contribution in [2.45, 2.75) is 46.8 Å². The normalized spacial score (nSPS) is 12.0. The molecule has 0 fully saturated rings. The Morgan fingerprint density at radius 3 is 2.65 bits per heavy atom. The number of nitrogens with zero attached hydrogens (tertiary/aromatic N) is 2. The molecule has 0 aromatic carbocycles. The fraction of sp³-hybridized carbons (Fsp3) is 0.600. The second-order valence-electron chi connectivity index (χ2n) is 5.48. The molecule has 0 atom stereocenters. The van der Waals surface area contributed by atoms with Crippen LogP contribution in [0.2, 0.25) is 0 Å². The molecule has 0 spiro atoms.